The third kappa shape index (κ3) is 4.06. The molecule has 2 heterocycles. The van der Waals surface area contributed by atoms with Crippen molar-refractivity contribution in [1.82, 2.24) is 9.88 Å². The zero-order valence-corrected chi connectivity index (χ0v) is 15.4. The van der Waals surface area contributed by atoms with Gasteiger partial charge in [-0.2, -0.15) is 0 Å². The number of hydrogen-bond acceptors (Lipinski definition) is 5. The molecule has 0 spiro atoms. The number of pyridine rings is 1. The lowest BCUT2D eigenvalue weighted by atomic mass is 10.0. The van der Waals surface area contributed by atoms with E-state index in [-0.39, 0.29) is 17.7 Å². The number of benzene rings is 1. The van der Waals surface area contributed by atoms with E-state index in [2.05, 4.69) is 9.88 Å². The van der Waals surface area contributed by atoms with Crippen LogP contribution in [-0.2, 0) is 0 Å². The molecule has 1 aromatic heterocycles. The number of aliphatic hydroxyl groups excluding tert-OH is 1. The maximum Gasteiger partial charge on any atom is 0.165 e. The molecule has 0 bridgehead atoms. The second-order valence-corrected chi connectivity index (χ2v) is 7.84. The summed E-state index contributed by atoms with van der Waals surface area (Å²) in [6.07, 6.45) is 2.58. The molecule has 2 aliphatic rings. The van der Waals surface area contributed by atoms with Crippen molar-refractivity contribution in [3.63, 3.8) is 0 Å². The summed E-state index contributed by atoms with van der Waals surface area (Å²) in [4.78, 5) is 6.34. The van der Waals surface area contributed by atoms with Crippen molar-refractivity contribution in [3.8, 4) is 11.5 Å². The average molecular weight is 372 g/mol. The van der Waals surface area contributed by atoms with Gasteiger partial charge in [-0.3, -0.25) is 9.88 Å². The SMILES string of the molecule is Cc1ccc(OC2C[C@@H]3CN(CC(O)c4ccc(O)cn4)C[C@@H]3C2)c(F)c1. The van der Waals surface area contributed by atoms with Crippen molar-refractivity contribution >= 4 is 0 Å². The molecule has 1 saturated heterocycles. The summed E-state index contributed by atoms with van der Waals surface area (Å²) in [5, 5.41) is 19.7. The molecule has 1 saturated carbocycles. The second-order valence-electron chi connectivity index (χ2n) is 7.84. The first kappa shape index (κ1) is 18.2. The third-order valence-electron chi connectivity index (χ3n) is 5.71. The lowest BCUT2D eigenvalue weighted by Crippen LogP contribution is -2.29. The summed E-state index contributed by atoms with van der Waals surface area (Å²) in [7, 11) is 0. The predicted octanol–water partition coefficient (Wildman–Crippen LogP) is 3.06. The summed E-state index contributed by atoms with van der Waals surface area (Å²) >= 11 is 0. The average Bonchev–Trinajstić information content (AvgIpc) is 3.15. The van der Waals surface area contributed by atoms with Crippen LogP contribution in [-0.4, -0.2) is 45.8 Å². The largest absolute Gasteiger partial charge is 0.506 e. The Hall–Kier alpha value is -2.18. The number of hydrogen-bond donors (Lipinski definition) is 2. The van der Waals surface area contributed by atoms with Gasteiger partial charge in [0.2, 0.25) is 0 Å². The Morgan fingerprint density at radius 1 is 1.22 bits per heavy atom. The van der Waals surface area contributed by atoms with E-state index in [4.69, 9.17) is 4.74 Å². The van der Waals surface area contributed by atoms with Gasteiger partial charge in [-0.1, -0.05) is 6.07 Å². The first-order valence-electron chi connectivity index (χ1n) is 9.46. The fourth-order valence-corrected chi connectivity index (χ4v) is 4.40. The van der Waals surface area contributed by atoms with Crippen molar-refractivity contribution in [3.05, 3.63) is 53.6 Å². The monoisotopic (exact) mass is 372 g/mol. The van der Waals surface area contributed by atoms with Gasteiger partial charge in [-0.05, 0) is 61.4 Å². The van der Waals surface area contributed by atoms with Crippen LogP contribution in [0.15, 0.2) is 36.5 Å². The van der Waals surface area contributed by atoms with Gasteiger partial charge in [-0.25, -0.2) is 4.39 Å². The van der Waals surface area contributed by atoms with Crippen molar-refractivity contribution in [2.24, 2.45) is 11.8 Å². The molecule has 1 aliphatic carbocycles. The summed E-state index contributed by atoms with van der Waals surface area (Å²) < 4.78 is 19.9. The molecule has 1 aromatic carbocycles. The molecule has 4 rings (SSSR count). The maximum absolute atomic E-state index is 14.0. The number of likely N-dealkylation sites (tertiary alicyclic amines) is 1. The molecular weight excluding hydrogens is 347 g/mol. The van der Waals surface area contributed by atoms with Gasteiger partial charge in [0.05, 0.1) is 18.0 Å². The highest BCUT2D eigenvalue weighted by atomic mass is 19.1. The molecule has 2 N–H and O–H groups in total. The standard InChI is InChI=1S/C21H25FN2O3/c1-13-2-5-21(18(22)6-13)27-17-7-14-10-24(11-15(14)8-17)12-20(26)19-4-3-16(25)9-23-19/h2-6,9,14-15,17,20,25-26H,7-8,10-12H2,1H3/t14-,15+,17?,20?. The van der Waals surface area contributed by atoms with Crippen LogP contribution in [0.1, 0.15) is 30.2 Å². The number of β-amino-alcohol motifs (C(OH)–C–C–N with tert-alkyl or cyclic N) is 1. The Kier molecular flexibility index (Phi) is 5.02. The van der Waals surface area contributed by atoms with Gasteiger partial charge >= 0.3 is 0 Å². The molecule has 0 amide bonds. The highest BCUT2D eigenvalue weighted by Gasteiger charge is 2.42. The topological polar surface area (TPSA) is 65.8 Å². The molecule has 2 unspecified atom stereocenters. The lowest BCUT2D eigenvalue weighted by molar-refractivity contribution is 0.112. The molecule has 1 aliphatic heterocycles. The molecule has 5 nitrogen and oxygen atoms in total. The quantitative estimate of drug-likeness (QED) is 0.845. The van der Waals surface area contributed by atoms with E-state index in [0.29, 0.717) is 29.8 Å². The molecule has 27 heavy (non-hydrogen) atoms. The smallest absolute Gasteiger partial charge is 0.165 e. The minimum atomic E-state index is -0.668. The molecular formula is C21H25FN2O3. The first-order chi connectivity index (χ1) is 13.0. The Labute approximate surface area is 158 Å². The number of rotatable bonds is 5. The van der Waals surface area contributed by atoms with Crippen LogP contribution in [0.2, 0.25) is 0 Å². The van der Waals surface area contributed by atoms with Crippen molar-refractivity contribution < 1.29 is 19.3 Å². The van der Waals surface area contributed by atoms with E-state index in [0.717, 1.165) is 31.5 Å². The van der Waals surface area contributed by atoms with E-state index in [9.17, 15) is 14.6 Å². The van der Waals surface area contributed by atoms with Gasteiger partial charge in [0.1, 0.15) is 11.9 Å². The summed E-state index contributed by atoms with van der Waals surface area (Å²) in [6, 6.07) is 8.28. The summed E-state index contributed by atoms with van der Waals surface area (Å²) in [5.74, 6) is 1.18. The van der Waals surface area contributed by atoms with E-state index < -0.39 is 6.10 Å². The van der Waals surface area contributed by atoms with E-state index in [1.165, 1.54) is 18.3 Å². The fraction of sp³-hybridized carbons (Fsp3) is 0.476. The molecule has 4 atom stereocenters. The molecule has 6 heteroatoms. The third-order valence-corrected chi connectivity index (χ3v) is 5.71. The van der Waals surface area contributed by atoms with Crippen LogP contribution in [0.25, 0.3) is 0 Å². The van der Waals surface area contributed by atoms with Crippen LogP contribution in [0.4, 0.5) is 4.39 Å². The van der Waals surface area contributed by atoms with Crippen LogP contribution in [0.3, 0.4) is 0 Å². The zero-order valence-electron chi connectivity index (χ0n) is 15.4. The van der Waals surface area contributed by atoms with Gasteiger partial charge in [0.15, 0.2) is 11.6 Å². The maximum atomic E-state index is 14.0. The number of nitrogens with zero attached hydrogens (tertiary/aromatic N) is 2. The van der Waals surface area contributed by atoms with Crippen molar-refractivity contribution in [2.75, 3.05) is 19.6 Å². The van der Waals surface area contributed by atoms with E-state index >= 15 is 0 Å². The van der Waals surface area contributed by atoms with Crippen molar-refractivity contribution in [1.29, 1.82) is 0 Å². The second kappa shape index (κ2) is 7.44. The zero-order chi connectivity index (χ0) is 19.0. The van der Waals surface area contributed by atoms with Crippen molar-refractivity contribution in [2.45, 2.75) is 32.0 Å². The van der Waals surface area contributed by atoms with E-state index in [1.807, 2.05) is 13.0 Å². The predicted molar refractivity (Wildman–Crippen MR) is 99.1 cm³/mol. The normalized spacial score (nSPS) is 26.1. The number of aromatic hydroxyl groups is 1. The van der Waals surface area contributed by atoms with E-state index in [1.54, 1.807) is 12.1 Å². The Balaban J connectivity index is 1.29. The Morgan fingerprint density at radius 3 is 2.59 bits per heavy atom. The minimum absolute atomic E-state index is 0.0584. The molecule has 144 valence electrons. The highest BCUT2D eigenvalue weighted by Crippen LogP contribution is 2.40. The lowest BCUT2D eigenvalue weighted by Gasteiger charge is -2.22. The molecule has 2 aromatic rings. The summed E-state index contributed by atoms with van der Waals surface area (Å²) in [6.45, 7) is 4.22. The molecule has 2 fully saturated rings. The van der Waals surface area contributed by atoms with Gasteiger partial charge < -0.3 is 14.9 Å². The van der Waals surface area contributed by atoms with Crippen LogP contribution in [0.5, 0.6) is 11.5 Å². The highest BCUT2D eigenvalue weighted by molar-refractivity contribution is 5.29. The van der Waals surface area contributed by atoms with Gasteiger partial charge in [0, 0.05) is 19.6 Å². The Morgan fingerprint density at radius 2 is 1.96 bits per heavy atom. The first-order valence-corrected chi connectivity index (χ1v) is 9.46. The van der Waals surface area contributed by atoms with Gasteiger partial charge in [0.25, 0.3) is 0 Å². The number of halogens is 1. The number of aromatic nitrogens is 1. The number of aliphatic hydroxyl groups is 1. The van der Waals surface area contributed by atoms with Crippen LogP contribution in [0, 0.1) is 24.6 Å². The van der Waals surface area contributed by atoms with Gasteiger partial charge in [-0.15, -0.1) is 0 Å². The summed E-state index contributed by atoms with van der Waals surface area (Å²) in [5.41, 5.74) is 1.46. The molecule has 0 radical (unpaired) electrons. The number of ether oxygens (including phenoxy) is 1. The fourth-order valence-electron chi connectivity index (χ4n) is 4.40. The minimum Gasteiger partial charge on any atom is -0.506 e. The number of fused-ring (bicyclic) bond motifs is 1. The number of aryl methyl sites for hydroxylation is 1. The Bertz CT molecular complexity index is 785. The van der Waals surface area contributed by atoms with Crippen LogP contribution >= 0.6 is 0 Å². The van der Waals surface area contributed by atoms with Crippen LogP contribution < -0.4 is 4.74 Å².